The van der Waals surface area contributed by atoms with Crippen molar-refractivity contribution in [1.82, 2.24) is 10.2 Å². The number of phenols is 1. The summed E-state index contributed by atoms with van der Waals surface area (Å²) in [6.07, 6.45) is 4.62. The number of guanidine groups is 1. The minimum atomic E-state index is 0. The number of aromatic hydroxyl groups is 1. The molecule has 1 unspecified atom stereocenters. The van der Waals surface area contributed by atoms with E-state index >= 15 is 0 Å². The first kappa shape index (κ1) is 24.4. The summed E-state index contributed by atoms with van der Waals surface area (Å²) in [4.78, 5) is 20.8. The van der Waals surface area contributed by atoms with Crippen LogP contribution in [0.2, 0.25) is 0 Å². The van der Waals surface area contributed by atoms with Gasteiger partial charge in [0.15, 0.2) is 5.96 Å². The molecule has 2 aromatic carbocycles. The summed E-state index contributed by atoms with van der Waals surface area (Å²) in [6.45, 7) is 3.46. The first-order valence-corrected chi connectivity index (χ1v) is 11.3. The van der Waals surface area contributed by atoms with Gasteiger partial charge in [-0.2, -0.15) is 0 Å². The minimum absolute atomic E-state index is 0. The van der Waals surface area contributed by atoms with E-state index in [2.05, 4.69) is 39.5 Å². The summed E-state index contributed by atoms with van der Waals surface area (Å²) < 4.78 is 0. The molecule has 2 aliphatic heterocycles. The maximum absolute atomic E-state index is 12.0. The molecule has 2 heterocycles. The molecule has 0 spiro atoms. The molecule has 1 amide bonds. The van der Waals surface area contributed by atoms with Crippen LogP contribution in [-0.4, -0.2) is 55.1 Å². The van der Waals surface area contributed by atoms with E-state index in [4.69, 9.17) is 0 Å². The molecule has 4 rings (SSSR count). The highest BCUT2D eigenvalue weighted by Crippen LogP contribution is 2.38. The van der Waals surface area contributed by atoms with Crippen LogP contribution in [0.4, 0.5) is 5.69 Å². The van der Waals surface area contributed by atoms with Crippen molar-refractivity contribution >= 4 is 41.5 Å². The number of halogens is 1. The second kappa shape index (κ2) is 11.5. The van der Waals surface area contributed by atoms with Gasteiger partial charge >= 0.3 is 0 Å². The maximum Gasteiger partial charge on any atom is 0.222 e. The van der Waals surface area contributed by atoms with Crippen molar-refractivity contribution in [2.45, 2.75) is 38.0 Å². The van der Waals surface area contributed by atoms with Crippen LogP contribution in [0.25, 0.3) is 0 Å². The van der Waals surface area contributed by atoms with Gasteiger partial charge in [-0.15, -0.1) is 24.0 Å². The zero-order valence-electron chi connectivity index (χ0n) is 18.7. The standard InChI is InChI=1S/C25H32N4O2.HI/c1-26-25(27-15-4-6-19-10-12-21(30)13-11-19)29-18-20(22-7-2-3-8-23(22)29)14-17-28-16-5-9-24(28)31;/h2-3,7-8,10-13,20,30H,4-6,9,14-18H2,1H3,(H,26,27);1H. The number of amides is 1. The number of hydrogen-bond donors (Lipinski definition) is 2. The lowest BCUT2D eigenvalue weighted by atomic mass is 9.98. The van der Waals surface area contributed by atoms with Crippen LogP contribution in [0.5, 0.6) is 5.75 Å². The summed E-state index contributed by atoms with van der Waals surface area (Å²) in [5.74, 6) is 1.91. The average Bonchev–Trinajstić information content (AvgIpc) is 3.37. The largest absolute Gasteiger partial charge is 0.508 e. The van der Waals surface area contributed by atoms with Crippen LogP contribution in [0.1, 0.15) is 42.7 Å². The molecule has 2 aliphatic rings. The molecule has 0 radical (unpaired) electrons. The SMILES string of the molecule is CN=C(NCCCc1ccc(O)cc1)N1CC(CCN2CCCC2=O)c2ccccc21.I. The minimum Gasteiger partial charge on any atom is -0.508 e. The first-order chi connectivity index (χ1) is 15.2. The smallest absolute Gasteiger partial charge is 0.222 e. The number of phenolic OH excluding ortho intramolecular Hbond substituents is 1. The average molecular weight is 548 g/mol. The Morgan fingerprint density at radius 2 is 1.97 bits per heavy atom. The predicted molar refractivity (Wildman–Crippen MR) is 140 cm³/mol. The van der Waals surface area contributed by atoms with Crippen molar-refractivity contribution in [2.75, 3.05) is 38.1 Å². The Balaban J connectivity index is 0.00000289. The molecule has 2 N–H and O–H groups in total. The molecular weight excluding hydrogens is 515 g/mol. The highest BCUT2D eigenvalue weighted by molar-refractivity contribution is 14.0. The monoisotopic (exact) mass is 548 g/mol. The lowest BCUT2D eigenvalue weighted by molar-refractivity contribution is -0.127. The third kappa shape index (κ3) is 5.74. The quantitative estimate of drug-likeness (QED) is 0.236. The van der Waals surface area contributed by atoms with Crippen LogP contribution >= 0.6 is 24.0 Å². The number of aliphatic imine (C=N–C) groups is 1. The number of carbonyl (C=O) groups is 1. The van der Waals surface area contributed by atoms with Crippen LogP contribution in [0.15, 0.2) is 53.5 Å². The number of rotatable bonds is 7. The van der Waals surface area contributed by atoms with E-state index < -0.39 is 0 Å². The van der Waals surface area contributed by atoms with Gasteiger partial charge in [-0.25, -0.2) is 0 Å². The molecular formula is C25H33IN4O2. The van der Waals surface area contributed by atoms with Crippen molar-refractivity contribution in [2.24, 2.45) is 4.99 Å². The molecule has 7 heteroatoms. The van der Waals surface area contributed by atoms with Gasteiger partial charge in [0.05, 0.1) is 0 Å². The van der Waals surface area contributed by atoms with E-state index in [1.54, 1.807) is 12.1 Å². The number of anilines is 1. The summed E-state index contributed by atoms with van der Waals surface area (Å²) in [6, 6.07) is 16.0. The topological polar surface area (TPSA) is 68.2 Å². The molecule has 6 nitrogen and oxygen atoms in total. The van der Waals surface area contributed by atoms with Gasteiger partial charge in [0.1, 0.15) is 5.75 Å². The molecule has 1 saturated heterocycles. The fraction of sp³-hybridized carbons (Fsp3) is 0.440. The number of likely N-dealkylation sites (tertiary alicyclic amines) is 1. The summed E-state index contributed by atoms with van der Waals surface area (Å²) in [5.41, 5.74) is 3.78. The third-order valence-electron chi connectivity index (χ3n) is 6.32. The van der Waals surface area contributed by atoms with Gasteiger partial charge in [0.25, 0.3) is 0 Å². The first-order valence-electron chi connectivity index (χ1n) is 11.3. The molecule has 0 aromatic heterocycles. The van der Waals surface area contributed by atoms with Gasteiger partial charge in [0.2, 0.25) is 5.91 Å². The van der Waals surface area contributed by atoms with E-state index in [1.807, 2.05) is 24.1 Å². The lowest BCUT2D eigenvalue weighted by Gasteiger charge is -2.23. The number of fused-ring (bicyclic) bond motifs is 1. The van der Waals surface area contributed by atoms with Gasteiger partial charge < -0.3 is 20.2 Å². The molecule has 2 aromatic rings. The van der Waals surface area contributed by atoms with E-state index in [9.17, 15) is 9.90 Å². The second-order valence-electron chi connectivity index (χ2n) is 8.38. The molecule has 1 fully saturated rings. The van der Waals surface area contributed by atoms with Crippen molar-refractivity contribution < 1.29 is 9.90 Å². The van der Waals surface area contributed by atoms with E-state index in [1.165, 1.54) is 16.8 Å². The summed E-state index contributed by atoms with van der Waals surface area (Å²) >= 11 is 0. The van der Waals surface area contributed by atoms with Crippen LogP contribution in [0, 0.1) is 0 Å². The lowest BCUT2D eigenvalue weighted by Crippen LogP contribution is -2.41. The highest BCUT2D eigenvalue weighted by Gasteiger charge is 2.31. The second-order valence-corrected chi connectivity index (χ2v) is 8.38. The van der Waals surface area contributed by atoms with Crippen LogP contribution in [0.3, 0.4) is 0 Å². The van der Waals surface area contributed by atoms with Crippen molar-refractivity contribution in [3.8, 4) is 5.75 Å². The number of aryl methyl sites for hydroxylation is 1. The zero-order chi connectivity index (χ0) is 21.6. The summed E-state index contributed by atoms with van der Waals surface area (Å²) in [5, 5.41) is 12.9. The zero-order valence-corrected chi connectivity index (χ0v) is 21.0. The fourth-order valence-electron chi connectivity index (χ4n) is 4.65. The Labute approximate surface area is 207 Å². The number of benzene rings is 2. The number of hydrogen-bond acceptors (Lipinski definition) is 3. The van der Waals surface area contributed by atoms with E-state index in [-0.39, 0.29) is 24.0 Å². The molecule has 0 aliphatic carbocycles. The van der Waals surface area contributed by atoms with Gasteiger partial charge in [0, 0.05) is 51.3 Å². The molecule has 0 bridgehead atoms. The van der Waals surface area contributed by atoms with Gasteiger partial charge in [-0.1, -0.05) is 30.3 Å². The highest BCUT2D eigenvalue weighted by atomic mass is 127. The van der Waals surface area contributed by atoms with Gasteiger partial charge in [-0.05, 0) is 55.0 Å². The maximum atomic E-state index is 12.0. The number of carbonyl (C=O) groups excluding carboxylic acids is 1. The molecule has 0 saturated carbocycles. The number of nitrogens with one attached hydrogen (secondary N) is 1. The Morgan fingerprint density at radius 3 is 2.69 bits per heavy atom. The van der Waals surface area contributed by atoms with Crippen molar-refractivity contribution in [3.05, 3.63) is 59.7 Å². The Morgan fingerprint density at radius 1 is 1.19 bits per heavy atom. The normalized spacial score (nSPS) is 18.0. The van der Waals surface area contributed by atoms with E-state index in [0.29, 0.717) is 24.0 Å². The Hall–Kier alpha value is -2.29. The molecule has 1 atom stereocenters. The Bertz CT molecular complexity index is 932. The summed E-state index contributed by atoms with van der Waals surface area (Å²) in [7, 11) is 1.83. The fourth-order valence-corrected chi connectivity index (χ4v) is 4.65. The van der Waals surface area contributed by atoms with Crippen LogP contribution in [-0.2, 0) is 11.2 Å². The number of para-hydroxylation sites is 1. The number of nitrogens with zero attached hydrogens (tertiary/aromatic N) is 3. The molecule has 32 heavy (non-hydrogen) atoms. The van der Waals surface area contributed by atoms with E-state index in [0.717, 1.165) is 57.8 Å². The van der Waals surface area contributed by atoms with Crippen LogP contribution < -0.4 is 10.2 Å². The Kier molecular flexibility index (Phi) is 8.78. The van der Waals surface area contributed by atoms with Crippen molar-refractivity contribution in [3.63, 3.8) is 0 Å². The van der Waals surface area contributed by atoms with Crippen molar-refractivity contribution in [1.29, 1.82) is 0 Å². The third-order valence-corrected chi connectivity index (χ3v) is 6.32. The predicted octanol–water partition coefficient (Wildman–Crippen LogP) is 4.13. The molecule has 172 valence electrons. The van der Waals surface area contributed by atoms with Gasteiger partial charge in [-0.3, -0.25) is 9.79 Å².